The molecule has 3 aliphatic carbocycles. The molecule has 0 unspecified atom stereocenters. The second-order valence-electron chi connectivity index (χ2n) is 8.49. The topological polar surface area (TPSA) is 63.7 Å². The zero-order chi connectivity index (χ0) is 21.0. The SMILES string of the molecule is CCCC[C@@H](C(=O)OC)N1C(=O)[C@@H]2C3c4ccccc4C(c4ccccc43)[C@@H]2C1=O. The van der Waals surface area contributed by atoms with E-state index in [4.69, 9.17) is 4.74 Å². The van der Waals surface area contributed by atoms with Gasteiger partial charge >= 0.3 is 5.97 Å². The predicted molar refractivity (Wildman–Crippen MR) is 111 cm³/mol. The van der Waals surface area contributed by atoms with E-state index in [2.05, 4.69) is 24.3 Å². The maximum Gasteiger partial charge on any atom is 0.329 e. The van der Waals surface area contributed by atoms with Gasteiger partial charge in [0.05, 0.1) is 18.9 Å². The zero-order valence-electron chi connectivity index (χ0n) is 17.2. The van der Waals surface area contributed by atoms with Gasteiger partial charge < -0.3 is 4.74 Å². The molecule has 1 heterocycles. The molecule has 0 spiro atoms. The quantitative estimate of drug-likeness (QED) is 0.565. The second-order valence-corrected chi connectivity index (χ2v) is 8.49. The van der Waals surface area contributed by atoms with Crippen LogP contribution in [-0.2, 0) is 19.1 Å². The first kappa shape index (κ1) is 19.0. The predicted octanol–water partition coefficient (Wildman–Crippen LogP) is 3.61. The number of likely N-dealkylation sites (tertiary alicyclic amines) is 1. The summed E-state index contributed by atoms with van der Waals surface area (Å²) in [6.07, 6.45) is 2.06. The molecule has 6 rings (SSSR count). The van der Waals surface area contributed by atoms with E-state index in [0.717, 1.165) is 35.1 Å². The Bertz CT molecular complexity index is 929. The molecule has 5 nitrogen and oxygen atoms in total. The van der Waals surface area contributed by atoms with Crippen LogP contribution in [0, 0.1) is 11.8 Å². The number of nitrogens with zero attached hydrogens (tertiary/aromatic N) is 1. The standard InChI is InChI=1S/C25H25NO4/c1-3-4-13-18(25(29)30-2)26-23(27)21-19-14-9-5-6-10-15(14)20(22(21)24(26)28)17-12-8-7-11-16(17)19/h5-12,18-22H,3-4,13H2,1-2H3/t18-,19?,20?,21-,22+/m0/s1. The molecule has 154 valence electrons. The lowest BCUT2D eigenvalue weighted by molar-refractivity contribution is -0.157. The summed E-state index contributed by atoms with van der Waals surface area (Å²) in [6.45, 7) is 2.02. The number of unbranched alkanes of at least 4 members (excludes halogenated alkanes) is 1. The van der Waals surface area contributed by atoms with Crippen molar-refractivity contribution >= 4 is 17.8 Å². The van der Waals surface area contributed by atoms with Gasteiger partial charge in [0.2, 0.25) is 11.8 Å². The van der Waals surface area contributed by atoms with Gasteiger partial charge in [0.1, 0.15) is 6.04 Å². The molecule has 0 aromatic heterocycles. The summed E-state index contributed by atoms with van der Waals surface area (Å²) >= 11 is 0. The molecule has 0 N–H and O–H groups in total. The highest BCUT2D eigenvalue weighted by atomic mass is 16.5. The highest BCUT2D eigenvalue weighted by molar-refractivity contribution is 6.10. The van der Waals surface area contributed by atoms with E-state index in [9.17, 15) is 14.4 Å². The average Bonchev–Trinajstić information content (AvgIpc) is 3.05. The maximum atomic E-state index is 13.7. The second kappa shape index (κ2) is 7.08. The first-order valence-electron chi connectivity index (χ1n) is 10.7. The lowest BCUT2D eigenvalue weighted by atomic mass is 9.55. The van der Waals surface area contributed by atoms with Crippen LogP contribution in [0.5, 0.6) is 0 Å². The van der Waals surface area contributed by atoms with Crippen molar-refractivity contribution in [2.45, 2.75) is 44.1 Å². The molecular weight excluding hydrogens is 378 g/mol. The number of carbonyl (C=O) groups is 3. The van der Waals surface area contributed by atoms with Crippen LogP contribution in [0.15, 0.2) is 48.5 Å². The Kier molecular flexibility index (Phi) is 4.49. The minimum Gasteiger partial charge on any atom is -0.467 e. The third-order valence-electron chi connectivity index (χ3n) is 7.10. The minimum absolute atomic E-state index is 0.154. The number of carbonyl (C=O) groups excluding carboxylic acids is 3. The summed E-state index contributed by atoms with van der Waals surface area (Å²) in [5.74, 6) is -2.18. The number of amides is 2. The fraction of sp³-hybridized carbons (Fsp3) is 0.400. The molecule has 2 amide bonds. The molecular formula is C25H25NO4. The molecule has 4 aliphatic rings. The van der Waals surface area contributed by atoms with Crippen LogP contribution < -0.4 is 0 Å². The number of hydrogen-bond donors (Lipinski definition) is 0. The van der Waals surface area contributed by atoms with E-state index >= 15 is 0 Å². The van der Waals surface area contributed by atoms with Crippen LogP contribution in [0.2, 0.25) is 0 Å². The van der Waals surface area contributed by atoms with Crippen LogP contribution in [-0.4, -0.2) is 35.8 Å². The minimum atomic E-state index is -0.842. The van der Waals surface area contributed by atoms with Gasteiger partial charge in [-0.1, -0.05) is 68.3 Å². The summed E-state index contributed by atoms with van der Waals surface area (Å²) in [6, 6.07) is 15.4. The molecule has 0 saturated carbocycles. The third-order valence-corrected chi connectivity index (χ3v) is 7.10. The Labute approximate surface area is 176 Å². The van der Waals surface area contributed by atoms with Crippen LogP contribution in [0.3, 0.4) is 0 Å². The first-order valence-corrected chi connectivity index (χ1v) is 10.7. The molecule has 3 atom stereocenters. The zero-order valence-corrected chi connectivity index (χ0v) is 17.2. The monoisotopic (exact) mass is 403 g/mol. The average molecular weight is 403 g/mol. The van der Waals surface area contributed by atoms with Gasteiger partial charge in [-0.3, -0.25) is 14.5 Å². The Hall–Kier alpha value is -2.95. The normalized spacial score (nSPS) is 26.8. The molecule has 2 aromatic rings. The Morgan fingerprint density at radius 3 is 1.70 bits per heavy atom. The third kappa shape index (κ3) is 2.44. The van der Waals surface area contributed by atoms with E-state index in [1.54, 1.807) is 0 Å². The fourth-order valence-corrected chi connectivity index (χ4v) is 5.89. The van der Waals surface area contributed by atoms with Crippen LogP contribution >= 0.6 is 0 Å². The lowest BCUT2D eigenvalue weighted by Gasteiger charge is -2.45. The van der Waals surface area contributed by atoms with E-state index < -0.39 is 23.8 Å². The number of esters is 1. The number of hydrogen-bond acceptors (Lipinski definition) is 4. The highest BCUT2D eigenvalue weighted by Gasteiger charge is 2.63. The number of rotatable bonds is 5. The summed E-state index contributed by atoms with van der Waals surface area (Å²) in [5.41, 5.74) is 4.53. The number of benzene rings is 2. The van der Waals surface area contributed by atoms with Gasteiger partial charge in [0, 0.05) is 11.8 Å². The first-order chi connectivity index (χ1) is 14.6. The molecule has 2 bridgehead atoms. The van der Waals surface area contributed by atoms with Gasteiger partial charge in [-0.2, -0.15) is 0 Å². The van der Waals surface area contributed by atoms with Crippen molar-refractivity contribution in [1.29, 1.82) is 0 Å². The molecule has 1 aliphatic heterocycles. The van der Waals surface area contributed by atoms with Crippen LogP contribution in [0.25, 0.3) is 0 Å². The molecule has 1 saturated heterocycles. The maximum absolute atomic E-state index is 13.7. The van der Waals surface area contributed by atoms with Crippen molar-refractivity contribution in [1.82, 2.24) is 4.90 Å². The van der Waals surface area contributed by atoms with Crippen LogP contribution in [0.1, 0.15) is 60.3 Å². The van der Waals surface area contributed by atoms with Gasteiger partial charge in [-0.25, -0.2) is 4.79 Å². The van der Waals surface area contributed by atoms with E-state index in [-0.39, 0.29) is 23.7 Å². The van der Waals surface area contributed by atoms with Gasteiger partial charge in [0.15, 0.2) is 0 Å². The van der Waals surface area contributed by atoms with E-state index in [1.807, 2.05) is 31.2 Å². The summed E-state index contributed by atoms with van der Waals surface area (Å²) in [4.78, 5) is 41.2. The number of ether oxygens (including phenoxy) is 1. The molecule has 0 radical (unpaired) electrons. The van der Waals surface area contributed by atoms with Gasteiger partial charge in [0.25, 0.3) is 0 Å². The van der Waals surface area contributed by atoms with Crippen molar-refractivity contribution < 1.29 is 19.1 Å². The van der Waals surface area contributed by atoms with Gasteiger partial charge in [-0.05, 0) is 28.7 Å². The molecule has 30 heavy (non-hydrogen) atoms. The highest BCUT2D eigenvalue weighted by Crippen LogP contribution is 2.61. The molecule has 2 aromatic carbocycles. The lowest BCUT2D eigenvalue weighted by Crippen LogP contribution is -2.46. The Morgan fingerprint density at radius 2 is 1.33 bits per heavy atom. The largest absolute Gasteiger partial charge is 0.467 e. The summed E-state index contributed by atoms with van der Waals surface area (Å²) in [7, 11) is 1.31. The van der Waals surface area contributed by atoms with Crippen molar-refractivity contribution in [3.63, 3.8) is 0 Å². The van der Waals surface area contributed by atoms with Crippen molar-refractivity contribution in [2.24, 2.45) is 11.8 Å². The van der Waals surface area contributed by atoms with E-state index in [0.29, 0.717) is 6.42 Å². The summed E-state index contributed by atoms with van der Waals surface area (Å²) < 4.78 is 4.98. The summed E-state index contributed by atoms with van der Waals surface area (Å²) in [5, 5.41) is 0. The fourth-order valence-electron chi connectivity index (χ4n) is 5.89. The Morgan fingerprint density at radius 1 is 0.900 bits per heavy atom. The van der Waals surface area contributed by atoms with Crippen molar-refractivity contribution in [2.75, 3.05) is 7.11 Å². The smallest absolute Gasteiger partial charge is 0.329 e. The number of methoxy groups -OCH3 is 1. The Balaban J connectivity index is 1.64. The van der Waals surface area contributed by atoms with Crippen molar-refractivity contribution in [3.8, 4) is 0 Å². The van der Waals surface area contributed by atoms with E-state index in [1.165, 1.54) is 12.0 Å². The molecule has 5 heteroatoms. The van der Waals surface area contributed by atoms with Crippen LogP contribution in [0.4, 0.5) is 0 Å². The van der Waals surface area contributed by atoms with Crippen molar-refractivity contribution in [3.05, 3.63) is 70.8 Å². The molecule has 1 fully saturated rings. The van der Waals surface area contributed by atoms with Gasteiger partial charge in [-0.15, -0.1) is 0 Å². The number of imide groups is 1.